The van der Waals surface area contributed by atoms with Gasteiger partial charge in [-0.3, -0.25) is 0 Å². The van der Waals surface area contributed by atoms with E-state index >= 15 is 0 Å². The molecule has 0 heterocycles. The number of carbonyl (C=O) groups excluding carboxylic acids is 1. The Labute approximate surface area is 110 Å². The van der Waals surface area contributed by atoms with Crippen LogP contribution in [-0.2, 0) is 4.79 Å². The van der Waals surface area contributed by atoms with Crippen LogP contribution in [0.25, 0.3) is 0 Å². The van der Waals surface area contributed by atoms with Crippen LogP contribution in [0.15, 0.2) is 47.6 Å². The van der Waals surface area contributed by atoms with Gasteiger partial charge < -0.3 is 4.79 Å². The summed E-state index contributed by atoms with van der Waals surface area (Å²) in [7, 11) is 0. The van der Waals surface area contributed by atoms with E-state index in [4.69, 9.17) is 0 Å². The summed E-state index contributed by atoms with van der Waals surface area (Å²) < 4.78 is 0. The van der Waals surface area contributed by atoms with Crippen molar-refractivity contribution in [2.75, 3.05) is 0 Å². The SMILES string of the molecule is O=CCCCC1=CC=C(C2CC=CCC2)C=CC1. The fourth-order valence-electron chi connectivity index (χ4n) is 2.65. The fraction of sp³-hybridized carbons (Fsp3) is 0.471. The van der Waals surface area contributed by atoms with Crippen molar-refractivity contribution >= 4 is 6.29 Å². The van der Waals surface area contributed by atoms with Crippen LogP contribution in [0, 0.1) is 5.92 Å². The van der Waals surface area contributed by atoms with E-state index in [1.165, 1.54) is 30.4 Å². The highest BCUT2D eigenvalue weighted by molar-refractivity contribution is 5.49. The van der Waals surface area contributed by atoms with Crippen LogP contribution in [0.5, 0.6) is 0 Å². The summed E-state index contributed by atoms with van der Waals surface area (Å²) in [6, 6.07) is 0. The molecular formula is C17H22O. The lowest BCUT2D eigenvalue weighted by molar-refractivity contribution is -0.107. The Morgan fingerprint density at radius 3 is 2.94 bits per heavy atom. The normalized spacial score (nSPS) is 23.2. The molecule has 0 fully saturated rings. The van der Waals surface area contributed by atoms with Crippen molar-refractivity contribution in [3.63, 3.8) is 0 Å². The summed E-state index contributed by atoms with van der Waals surface area (Å²) >= 11 is 0. The van der Waals surface area contributed by atoms with Crippen molar-refractivity contribution in [1.82, 2.24) is 0 Å². The molecule has 0 amide bonds. The second-order valence-electron chi connectivity index (χ2n) is 5.14. The molecule has 0 spiro atoms. The molecular weight excluding hydrogens is 220 g/mol. The van der Waals surface area contributed by atoms with Crippen LogP contribution in [0.2, 0.25) is 0 Å². The van der Waals surface area contributed by atoms with Gasteiger partial charge in [-0.15, -0.1) is 0 Å². The standard InChI is InChI=1S/C17H22O/c18-14-5-4-7-15-8-6-11-17(13-12-15)16-9-2-1-3-10-16/h1-2,6,11-14,16H,3-5,7-10H2. The van der Waals surface area contributed by atoms with E-state index in [1.807, 2.05) is 0 Å². The van der Waals surface area contributed by atoms with Gasteiger partial charge in [0.15, 0.2) is 0 Å². The first kappa shape index (κ1) is 13.1. The summed E-state index contributed by atoms with van der Waals surface area (Å²) in [5, 5.41) is 0. The van der Waals surface area contributed by atoms with Crippen LogP contribution in [0.3, 0.4) is 0 Å². The smallest absolute Gasteiger partial charge is 0.120 e. The fourth-order valence-corrected chi connectivity index (χ4v) is 2.65. The van der Waals surface area contributed by atoms with Gasteiger partial charge in [-0.2, -0.15) is 0 Å². The maximum absolute atomic E-state index is 10.3. The van der Waals surface area contributed by atoms with E-state index in [0.29, 0.717) is 12.3 Å². The van der Waals surface area contributed by atoms with Gasteiger partial charge in [0, 0.05) is 6.42 Å². The molecule has 2 aliphatic rings. The third kappa shape index (κ3) is 3.83. The van der Waals surface area contributed by atoms with Crippen molar-refractivity contribution in [3.8, 4) is 0 Å². The van der Waals surface area contributed by atoms with Gasteiger partial charge in [-0.05, 0) is 50.0 Å². The summed E-state index contributed by atoms with van der Waals surface area (Å²) in [4.78, 5) is 10.3. The first-order valence-corrected chi connectivity index (χ1v) is 7.05. The topological polar surface area (TPSA) is 17.1 Å². The zero-order chi connectivity index (χ0) is 12.6. The number of carbonyl (C=O) groups is 1. The van der Waals surface area contributed by atoms with Gasteiger partial charge >= 0.3 is 0 Å². The third-order valence-corrected chi connectivity index (χ3v) is 3.76. The minimum absolute atomic E-state index is 0.686. The molecule has 0 saturated carbocycles. The molecule has 0 saturated heterocycles. The maximum atomic E-state index is 10.3. The van der Waals surface area contributed by atoms with Gasteiger partial charge in [-0.25, -0.2) is 0 Å². The summed E-state index contributed by atoms with van der Waals surface area (Å²) in [5.41, 5.74) is 2.93. The molecule has 0 aromatic heterocycles. The largest absolute Gasteiger partial charge is 0.303 e. The van der Waals surface area contributed by atoms with Gasteiger partial charge in [0.1, 0.15) is 6.29 Å². The van der Waals surface area contributed by atoms with E-state index in [9.17, 15) is 4.79 Å². The molecule has 1 unspecified atom stereocenters. The van der Waals surface area contributed by atoms with Gasteiger partial charge in [0.05, 0.1) is 0 Å². The van der Waals surface area contributed by atoms with Crippen molar-refractivity contribution in [2.45, 2.75) is 44.9 Å². The molecule has 0 aliphatic heterocycles. The Kier molecular flexibility index (Phi) is 5.19. The zero-order valence-electron chi connectivity index (χ0n) is 11.0. The third-order valence-electron chi connectivity index (χ3n) is 3.76. The number of unbranched alkanes of at least 4 members (excludes halogenated alkanes) is 1. The quantitative estimate of drug-likeness (QED) is 0.393. The molecule has 0 radical (unpaired) electrons. The monoisotopic (exact) mass is 242 g/mol. The van der Waals surface area contributed by atoms with E-state index in [1.54, 1.807) is 0 Å². The molecule has 2 aliphatic carbocycles. The average Bonchev–Trinajstić information content (AvgIpc) is 2.66. The predicted molar refractivity (Wildman–Crippen MR) is 76.3 cm³/mol. The van der Waals surface area contributed by atoms with Crippen molar-refractivity contribution in [2.24, 2.45) is 5.92 Å². The molecule has 0 aromatic carbocycles. The lowest BCUT2D eigenvalue weighted by Crippen LogP contribution is -2.04. The summed E-state index contributed by atoms with van der Waals surface area (Å²) in [6.07, 6.45) is 22.2. The van der Waals surface area contributed by atoms with Crippen molar-refractivity contribution in [3.05, 3.63) is 47.6 Å². The number of aldehydes is 1. The number of allylic oxidation sites excluding steroid dienone is 8. The number of hydrogen-bond donors (Lipinski definition) is 0. The van der Waals surface area contributed by atoms with Crippen molar-refractivity contribution < 1.29 is 4.79 Å². The predicted octanol–water partition coefficient (Wildman–Crippen LogP) is 4.52. The Morgan fingerprint density at radius 2 is 2.17 bits per heavy atom. The highest BCUT2D eigenvalue weighted by Gasteiger charge is 2.13. The van der Waals surface area contributed by atoms with E-state index < -0.39 is 0 Å². The van der Waals surface area contributed by atoms with Gasteiger partial charge in [0.2, 0.25) is 0 Å². The summed E-state index contributed by atoms with van der Waals surface area (Å²) in [5.74, 6) is 0.705. The summed E-state index contributed by atoms with van der Waals surface area (Å²) in [6.45, 7) is 0. The molecule has 0 N–H and O–H groups in total. The molecule has 96 valence electrons. The van der Waals surface area contributed by atoms with E-state index in [-0.39, 0.29) is 0 Å². The average molecular weight is 242 g/mol. The van der Waals surface area contributed by atoms with Gasteiger partial charge in [-0.1, -0.05) is 42.0 Å². The minimum atomic E-state index is 0.686. The molecule has 1 heteroatoms. The lowest BCUT2D eigenvalue weighted by atomic mass is 9.87. The Morgan fingerprint density at radius 1 is 1.22 bits per heavy atom. The van der Waals surface area contributed by atoms with E-state index in [0.717, 1.165) is 25.5 Å². The van der Waals surface area contributed by atoms with Crippen LogP contribution in [0.4, 0.5) is 0 Å². The van der Waals surface area contributed by atoms with E-state index in [2.05, 4.69) is 36.5 Å². The second-order valence-corrected chi connectivity index (χ2v) is 5.14. The molecule has 0 aromatic rings. The number of hydrogen-bond acceptors (Lipinski definition) is 1. The van der Waals surface area contributed by atoms with Crippen LogP contribution >= 0.6 is 0 Å². The maximum Gasteiger partial charge on any atom is 0.120 e. The second kappa shape index (κ2) is 7.15. The Hall–Kier alpha value is -1.37. The first-order chi connectivity index (χ1) is 8.90. The molecule has 0 bridgehead atoms. The number of rotatable bonds is 5. The molecule has 2 rings (SSSR count). The van der Waals surface area contributed by atoms with Crippen LogP contribution in [-0.4, -0.2) is 6.29 Å². The highest BCUT2D eigenvalue weighted by Crippen LogP contribution is 2.28. The Bertz CT molecular complexity index is 396. The molecule has 1 atom stereocenters. The van der Waals surface area contributed by atoms with Gasteiger partial charge in [0.25, 0.3) is 0 Å². The lowest BCUT2D eigenvalue weighted by Gasteiger charge is -2.18. The Balaban J connectivity index is 1.95. The first-order valence-electron chi connectivity index (χ1n) is 7.05. The van der Waals surface area contributed by atoms with Crippen LogP contribution < -0.4 is 0 Å². The minimum Gasteiger partial charge on any atom is -0.303 e. The van der Waals surface area contributed by atoms with Crippen molar-refractivity contribution in [1.29, 1.82) is 0 Å². The highest BCUT2D eigenvalue weighted by atomic mass is 16.1. The molecule has 18 heavy (non-hydrogen) atoms. The molecule has 1 nitrogen and oxygen atoms in total. The zero-order valence-corrected chi connectivity index (χ0v) is 11.0. The van der Waals surface area contributed by atoms with Crippen LogP contribution in [0.1, 0.15) is 44.9 Å².